The summed E-state index contributed by atoms with van der Waals surface area (Å²) in [5, 5.41) is 8.53. The molecule has 0 N–H and O–H groups in total. The van der Waals surface area contributed by atoms with Crippen LogP contribution in [0.1, 0.15) is 16.7 Å². The Morgan fingerprint density at radius 3 is 2.46 bits per heavy atom. The van der Waals surface area contributed by atoms with Gasteiger partial charge in [0, 0.05) is 17.0 Å². The maximum atomic E-state index is 5.42. The predicted octanol–water partition coefficient (Wildman–Crippen LogP) is 5.11. The summed E-state index contributed by atoms with van der Waals surface area (Å²) >= 11 is 0. The van der Waals surface area contributed by atoms with Gasteiger partial charge in [-0.2, -0.15) is 5.10 Å². The maximum absolute atomic E-state index is 5.42. The molecule has 0 bridgehead atoms. The van der Waals surface area contributed by atoms with Crippen molar-refractivity contribution < 1.29 is 4.74 Å². The molecule has 0 aliphatic heterocycles. The van der Waals surface area contributed by atoms with Crippen molar-refractivity contribution in [1.29, 1.82) is 0 Å². The SMILES string of the molecule is COc1cc(C)c(-n2cc3ccc4cccc(C)c4c3n2)cc1C. The van der Waals surface area contributed by atoms with E-state index in [2.05, 4.69) is 69.4 Å². The number of hydrogen-bond donors (Lipinski definition) is 0. The van der Waals surface area contributed by atoms with Crippen LogP contribution in [-0.4, -0.2) is 16.9 Å². The summed E-state index contributed by atoms with van der Waals surface area (Å²) < 4.78 is 7.40. The molecule has 0 saturated heterocycles. The monoisotopic (exact) mass is 316 g/mol. The van der Waals surface area contributed by atoms with E-state index in [9.17, 15) is 0 Å². The fraction of sp³-hybridized carbons (Fsp3) is 0.190. The van der Waals surface area contributed by atoms with Crippen molar-refractivity contribution in [3.05, 3.63) is 65.4 Å². The van der Waals surface area contributed by atoms with E-state index in [0.717, 1.165) is 33.5 Å². The van der Waals surface area contributed by atoms with Crippen LogP contribution in [0.25, 0.3) is 27.4 Å². The van der Waals surface area contributed by atoms with Crippen LogP contribution in [0.2, 0.25) is 0 Å². The predicted molar refractivity (Wildman–Crippen MR) is 99.3 cm³/mol. The van der Waals surface area contributed by atoms with Gasteiger partial charge in [0.15, 0.2) is 0 Å². The van der Waals surface area contributed by atoms with Gasteiger partial charge in [-0.05, 0) is 55.0 Å². The second-order valence-corrected chi connectivity index (χ2v) is 6.36. The van der Waals surface area contributed by atoms with Crippen LogP contribution >= 0.6 is 0 Å². The minimum absolute atomic E-state index is 0.911. The van der Waals surface area contributed by atoms with Gasteiger partial charge in [-0.3, -0.25) is 0 Å². The Balaban J connectivity index is 1.99. The van der Waals surface area contributed by atoms with Crippen LogP contribution in [0.15, 0.2) is 48.7 Å². The Labute approximate surface area is 141 Å². The second-order valence-electron chi connectivity index (χ2n) is 6.36. The lowest BCUT2D eigenvalue weighted by Crippen LogP contribution is -2.00. The largest absolute Gasteiger partial charge is 0.496 e. The number of aromatic nitrogens is 2. The van der Waals surface area contributed by atoms with E-state index in [1.807, 2.05) is 4.68 Å². The first-order valence-electron chi connectivity index (χ1n) is 8.12. The molecule has 0 spiro atoms. The Kier molecular flexibility index (Phi) is 3.31. The van der Waals surface area contributed by atoms with E-state index in [0.29, 0.717) is 0 Å². The van der Waals surface area contributed by atoms with Gasteiger partial charge >= 0.3 is 0 Å². The molecule has 4 rings (SSSR count). The van der Waals surface area contributed by atoms with Gasteiger partial charge in [-0.15, -0.1) is 0 Å². The number of fused-ring (bicyclic) bond motifs is 3. The average Bonchev–Trinajstić information content (AvgIpc) is 3.00. The third-order valence-electron chi connectivity index (χ3n) is 4.69. The fourth-order valence-corrected chi connectivity index (χ4v) is 3.40. The van der Waals surface area contributed by atoms with Gasteiger partial charge < -0.3 is 4.74 Å². The highest BCUT2D eigenvalue weighted by Crippen LogP contribution is 2.30. The van der Waals surface area contributed by atoms with Crippen LogP contribution in [0.5, 0.6) is 5.75 Å². The molecule has 0 unspecified atom stereocenters. The number of aryl methyl sites for hydroxylation is 3. The summed E-state index contributed by atoms with van der Waals surface area (Å²) in [4.78, 5) is 0. The van der Waals surface area contributed by atoms with Gasteiger partial charge in [-0.1, -0.05) is 30.3 Å². The van der Waals surface area contributed by atoms with Crippen molar-refractivity contribution in [2.75, 3.05) is 7.11 Å². The van der Waals surface area contributed by atoms with Gasteiger partial charge in [0.2, 0.25) is 0 Å². The lowest BCUT2D eigenvalue weighted by Gasteiger charge is -2.11. The summed E-state index contributed by atoms with van der Waals surface area (Å²) in [6, 6.07) is 14.9. The zero-order chi connectivity index (χ0) is 16.8. The first kappa shape index (κ1) is 14.8. The van der Waals surface area contributed by atoms with E-state index in [1.54, 1.807) is 7.11 Å². The molecule has 0 saturated carbocycles. The van der Waals surface area contributed by atoms with Crippen LogP contribution in [-0.2, 0) is 0 Å². The molecule has 3 heteroatoms. The highest BCUT2D eigenvalue weighted by molar-refractivity contribution is 6.06. The highest BCUT2D eigenvalue weighted by atomic mass is 16.5. The van der Waals surface area contributed by atoms with Gasteiger partial charge in [-0.25, -0.2) is 4.68 Å². The van der Waals surface area contributed by atoms with E-state index in [-0.39, 0.29) is 0 Å². The lowest BCUT2D eigenvalue weighted by atomic mass is 10.0. The molecule has 0 radical (unpaired) electrons. The second kappa shape index (κ2) is 5.38. The van der Waals surface area contributed by atoms with Crippen molar-refractivity contribution in [2.45, 2.75) is 20.8 Å². The molecule has 0 fully saturated rings. The fourth-order valence-electron chi connectivity index (χ4n) is 3.40. The number of benzene rings is 3. The Morgan fingerprint density at radius 1 is 0.875 bits per heavy atom. The van der Waals surface area contributed by atoms with Gasteiger partial charge in [0.1, 0.15) is 11.3 Å². The molecule has 0 aliphatic rings. The minimum Gasteiger partial charge on any atom is -0.496 e. The minimum atomic E-state index is 0.911. The standard InChI is InChI=1S/C21H20N2O/c1-13-6-5-7-16-8-9-17-12-23(22-21(17)20(13)16)18-10-15(3)19(24-4)11-14(18)2/h5-12H,1-4H3. The quantitative estimate of drug-likeness (QED) is 0.513. The number of nitrogens with zero attached hydrogens (tertiary/aromatic N) is 2. The molecular weight excluding hydrogens is 296 g/mol. The van der Waals surface area contributed by atoms with Crippen LogP contribution in [0.4, 0.5) is 0 Å². The number of rotatable bonds is 2. The van der Waals surface area contributed by atoms with Gasteiger partial charge in [0.25, 0.3) is 0 Å². The summed E-state index contributed by atoms with van der Waals surface area (Å²) in [7, 11) is 1.71. The van der Waals surface area contributed by atoms with Crippen molar-refractivity contribution in [3.63, 3.8) is 0 Å². The first-order valence-corrected chi connectivity index (χ1v) is 8.12. The van der Waals surface area contributed by atoms with Gasteiger partial charge in [0.05, 0.1) is 12.8 Å². The molecule has 0 atom stereocenters. The molecule has 3 aromatic carbocycles. The highest BCUT2D eigenvalue weighted by Gasteiger charge is 2.11. The average molecular weight is 316 g/mol. The molecular formula is C21H20N2O. The molecule has 4 aromatic rings. The molecule has 0 amide bonds. The van der Waals surface area contributed by atoms with Crippen molar-refractivity contribution in [2.24, 2.45) is 0 Å². The summed E-state index contributed by atoms with van der Waals surface area (Å²) in [5.41, 5.74) is 5.65. The molecule has 3 nitrogen and oxygen atoms in total. The van der Waals surface area contributed by atoms with Crippen LogP contribution in [0, 0.1) is 20.8 Å². The smallest absolute Gasteiger partial charge is 0.122 e. The molecule has 1 heterocycles. The van der Waals surface area contributed by atoms with E-state index in [1.165, 1.54) is 16.3 Å². The lowest BCUT2D eigenvalue weighted by molar-refractivity contribution is 0.411. The first-order chi connectivity index (χ1) is 11.6. The number of methoxy groups -OCH3 is 1. The molecule has 120 valence electrons. The molecule has 1 aromatic heterocycles. The number of ether oxygens (including phenoxy) is 1. The van der Waals surface area contributed by atoms with Crippen molar-refractivity contribution in [3.8, 4) is 11.4 Å². The molecule has 24 heavy (non-hydrogen) atoms. The zero-order valence-electron chi connectivity index (χ0n) is 14.4. The maximum Gasteiger partial charge on any atom is 0.122 e. The topological polar surface area (TPSA) is 27.1 Å². The van der Waals surface area contributed by atoms with Crippen molar-refractivity contribution >= 4 is 21.7 Å². The third-order valence-corrected chi connectivity index (χ3v) is 4.69. The van der Waals surface area contributed by atoms with E-state index < -0.39 is 0 Å². The zero-order valence-corrected chi connectivity index (χ0v) is 14.4. The normalized spacial score (nSPS) is 11.3. The summed E-state index contributed by atoms with van der Waals surface area (Å²) in [5.74, 6) is 0.911. The Morgan fingerprint density at radius 2 is 1.67 bits per heavy atom. The number of hydrogen-bond acceptors (Lipinski definition) is 2. The van der Waals surface area contributed by atoms with E-state index in [4.69, 9.17) is 9.84 Å². The Hall–Kier alpha value is -2.81. The molecule has 0 aliphatic carbocycles. The third kappa shape index (κ3) is 2.16. The van der Waals surface area contributed by atoms with Crippen molar-refractivity contribution in [1.82, 2.24) is 9.78 Å². The Bertz CT molecular complexity index is 1080. The van der Waals surface area contributed by atoms with E-state index >= 15 is 0 Å². The summed E-state index contributed by atoms with van der Waals surface area (Å²) in [6.45, 7) is 6.29. The van der Waals surface area contributed by atoms with Crippen LogP contribution in [0.3, 0.4) is 0 Å². The van der Waals surface area contributed by atoms with Crippen LogP contribution < -0.4 is 4.74 Å². The summed E-state index contributed by atoms with van der Waals surface area (Å²) in [6.07, 6.45) is 2.11.